The van der Waals surface area contributed by atoms with Crippen molar-refractivity contribution < 1.29 is 5.11 Å². The zero-order valence-electron chi connectivity index (χ0n) is 14.8. The van der Waals surface area contributed by atoms with Gasteiger partial charge in [0.2, 0.25) is 0 Å². The quantitative estimate of drug-likeness (QED) is 0.738. The molecule has 5 nitrogen and oxygen atoms in total. The number of rotatable bonds is 5. The van der Waals surface area contributed by atoms with Gasteiger partial charge in [-0.1, -0.05) is 36.4 Å². The topological polar surface area (TPSA) is 61.3 Å². The first-order valence-electron chi connectivity index (χ1n) is 9.24. The predicted octanol–water partition coefficient (Wildman–Crippen LogP) is 3.59. The van der Waals surface area contributed by atoms with Crippen LogP contribution >= 0.6 is 0 Å². The zero-order chi connectivity index (χ0) is 17.8. The van der Waals surface area contributed by atoms with E-state index in [0.29, 0.717) is 6.54 Å². The van der Waals surface area contributed by atoms with Crippen molar-refractivity contribution in [1.82, 2.24) is 9.97 Å². The van der Waals surface area contributed by atoms with Crippen LogP contribution in [0.5, 0.6) is 0 Å². The summed E-state index contributed by atoms with van der Waals surface area (Å²) in [5.41, 5.74) is 1.22. The molecule has 5 heteroatoms. The van der Waals surface area contributed by atoms with E-state index in [-0.39, 0.29) is 12.6 Å². The summed E-state index contributed by atoms with van der Waals surface area (Å²) in [5, 5.41) is 15.5. The van der Waals surface area contributed by atoms with Crippen LogP contribution in [-0.4, -0.2) is 34.3 Å². The Balaban J connectivity index is 1.47. The van der Waals surface area contributed by atoms with Gasteiger partial charge in [0.05, 0.1) is 12.6 Å². The van der Waals surface area contributed by atoms with E-state index >= 15 is 0 Å². The van der Waals surface area contributed by atoms with Gasteiger partial charge in [0.1, 0.15) is 18.0 Å². The molecule has 1 aliphatic heterocycles. The van der Waals surface area contributed by atoms with Crippen LogP contribution in [-0.2, 0) is 6.54 Å². The Morgan fingerprint density at radius 1 is 1.04 bits per heavy atom. The minimum atomic E-state index is 0.159. The Morgan fingerprint density at radius 2 is 1.92 bits per heavy atom. The molecule has 134 valence electrons. The highest BCUT2D eigenvalue weighted by molar-refractivity contribution is 5.83. The normalized spacial score (nSPS) is 17.4. The van der Waals surface area contributed by atoms with E-state index in [9.17, 15) is 5.11 Å². The van der Waals surface area contributed by atoms with Gasteiger partial charge in [-0.2, -0.15) is 0 Å². The Morgan fingerprint density at radius 3 is 2.81 bits per heavy atom. The van der Waals surface area contributed by atoms with Gasteiger partial charge in [0.15, 0.2) is 0 Å². The van der Waals surface area contributed by atoms with Crippen molar-refractivity contribution in [2.24, 2.45) is 0 Å². The average molecular weight is 348 g/mol. The number of nitrogens with zero attached hydrogens (tertiary/aromatic N) is 3. The summed E-state index contributed by atoms with van der Waals surface area (Å²) in [6.07, 6.45) is 4.92. The number of piperidine rings is 1. The molecule has 1 aromatic heterocycles. The molecule has 2 N–H and O–H groups in total. The van der Waals surface area contributed by atoms with E-state index < -0.39 is 0 Å². The second-order valence-electron chi connectivity index (χ2n) is 6.82. The summed E-state index contributed by atoms with van der Waals surface area (Å²) in [4.78, 5) is 11.0. The van der Waals surface area contributed by atoms with E-state index in [0.717, 1.165) is 31.0 Å². The summed E-state index contributed by atoms with van der Waals surface area (Å²) < 4.78 is 0. The summed E-state index contributed by atoms with van der Waals surface area (Å²) in [5.74, 6) is 1.70. The van der Waals surface area contributed by atoms with Crippen LogP contribution < -0.4 is 10.2 Å². The van der Waals surface area contributed by atoms with Gasteiger partial charge < -0.3 is 15.3 Å². The number of fused-ring (bicyclic) bond motifs is 1. The Labute approximate surface area is 153 Å². The van der Waals surface area contributed by atoms with Crippen LogP contribution in [0.15, 0.2) is 54.9 Å². The highest BCUT2D eigenvalue weighted by Crippen LogP contribution is 2.24. The highest BCUT2D eigenvalue weighted by Gasteiger charge is 2.23. The fourth-order valence-electron chi connectivity index (χ4n) is 3.63. The van der Waals surface area contributed by atoms with Crippen molar-refractivity contribution in [2.45, 2.75) is 31.8 Å². The summed E-state index contributed by atoms with van der Waals surface area (Å²) in [6.45, 7) is 1.82. The van der Waals surface area contributed by atoms with Crippen LogP contribution in [0.2, 0.25) is 0 Å². The Kier molecular flexibility index (Phi) is 4.97. The summed E-state index contributed by atoms with van der Waals surface area (Å²) in [6, 6.07) is 17.0. The second kappa shape index (κ2) is 7.70. The molecule has 0 spiro atoms. The largest absolute Gasteiger partial charge is 0.394 e. The van der Waals surface area contributed by atoms with Crippen LogP contribution in [0.4, 0.5) is 11.6 Å². The second-order valence-corrected chi connectivity index (χ2v) is 6.82. The van der Waals surface area contributed by atoms with E-state index in [1.165, 1.54) is 22.8 Å². The van der Waals surface area contributed by atoms with Gasteiger partial charge in [-0.25, -0.2) is 9.97 Å². The molecule has 0 saturated carbocycles. The van der Waals surface area contributed by atoms with Crippen molar-refractivity contribution in [2.75, 3.05) is 23.4 Å². The van der Waals surface area contributed by atoms with Gasteiger partial charge in [0.25, 0.3) is 0 Å². The van der Waals surface area contributed by atoms with E-state index in [4.69, 9.17) is 0 Å². The molecule has 1 unspecified atom stereocenters. The fourth-order valence-corrected chi connectivity index (χ4v) is 3.63. The third-order valence-corrected chi connectivity index (χ3v) is 5.07. The lowest BCUT2D eigenvalue weighted by Gasteiger charge is -2.35. The van der Waals surface area contributed by atoms with Crippen molar-refractivity contribution in [3.63, 3.8) is 0 Å². The Hall–Kier alpha value is -2.66. The maximum absolute atomic E-state index is 9.63. The minimum Gasteiger partial charge on any atom is -0.394 e. The van der Waals surface area contributed by atoms with Crippen molar-refractivity contribution >= 4 is 22.4 Å². The molecule has 0 amide bonds. The third kappa shape index (κ3) is 3.63. The molecule has 3 aromatic rings. The lowest BCUT2D eigenvalue weighted by atomic mass is 10.0. The first-order valence-corrected chi connectivity index (χ1v) is 9.24. The maximum atomic E-state index is 9.63. The first kappa shape index (κ1) is 16.8. The van der Waals surface area contributed by atoms with E-state index in [1.807, 2.05) is 6.07 Å². The Bertz CT molecular complexity index is 883. The molecule has 1 fully saturated rings. The van der Waals surface area contributed by atoms with Crippen molar-refractivity contribution in [1.29, 1.82) is 0 Å². The van der Waals surface area contributed by atoms with Crippen LogP contribution in [0.1, 0.15) is 24.8 Å². The molecule has 1 saturated heterocycles. The molecule has 2 aromatic carbocycles. The lowest BCUT2D eigenvalue weighted by Crippen LogP contribution is -2.42. The molecular weight excluding hydrogens is 324 g/mol. The predicted molar refractivity (Wildman–Crippen MR) is 105 cm³/mol. The van der Waals surface area contributed by atoms with E-state index in [2.05, 4.69) is 62.6 Å². The molecule has 0 bridgehead atoms. The number of aliphatic hydroxyl groups excluding tert-OH is 1. The third-order valence-electron chi connectivity index (χ3n) is 5.07. The van der Waals surface area contributed by atoms with Gasteiger partial charge in [-0.15, -0.1) is 0 Å². The monoisotopic (exact) mass is 348 g/mol. The molecule has 4 rings (SSSR count). The number of anilines is 2. The number of hydrogen-bond acceptors (Lipinski definition) is 5. The summed E-state index contributed by atoms with van der Waals surface area (Å²) in [7, 11) is 0. The number of aromatic nitrogens is 2. The molecule has 26 heavy (non-hydrogen) atoms. The van der Waals surface area contributed by atoms with Crippen LogP contribution in [0.3, 0.4) is 0 Å². The van der Waals surface area contributed by atoms with Crippen LogP contribution in [0.25, 0.3) is 10.8 Å². The SMILES string of the molecule is OCC1CCCCN1c1cc(NCc2ccc3ccccc3c2)ncn1. The molecule has 2 heterocycles. The smallest absolute Gasteiger partial charge is 0.134 e. The molecule has 0 aliphatic carbocycles. The zero-order valence-corrected chi connectivity index (χ0v) is 14.8. The van der Waals surface area contributed by atoms with Crippen molar-refractivity contribution in [3.8, 4) is 0 Å². The maximum Gasteiger partial charge on any atom is 0.134 e. The highest BCUT2D eigenvalue weighted by atomic mass is 16.3. The summed E-state index contributed by atoms with van der Waals surface area (Å²) >= 11 is 0. The van der Waals surface area contributed by atoms with Gasteiger partial charge >= 0.3 is 0 Å². The van der Waals surface area contributed by atoms with Crippen molar-refractivity contribution in [3.05, 3.63) is 60.4 Å². The van der Waals surface area contributed by atoms with E-state index in [1.54, 1.807) is 6.33 Å². The molecule has 1 aliphatic rings. The average Bonchev–Trinajstić information content (AvgIpc) is 2.72. The number of nitrogens with one attached hydrogen (secondary N) is 1. The standard InChI is InChI=1S/C21H24N4O/c26-14-19-7-3-4-10-25(19)21-12-20(23-15-24-21)22-13-16-8-9-17-5-1-2-6-18(17)11-16/h1-2,5-6,8-9,11-12,15,19,26H,3-4,7,10,13-14H2,(H,22,23,24). The van der Waals surface area contributed by atoms with Gasteiger partial charge in [-0.3, -0.25) is 0 Å². The molecular formula is C21H24N4O. The fraction of sp³-hybridized carbons (Fsp3) is 0.333. The van der Waals surface area contributed by atoms with Gasteiger partial charge in [0, 0.05) is 19.2 Å². The number of hydrogen-bond donors (Lipinski definition) is 2. The first-order chi connectivity index (χ1) is 12.8. The number of aliphatic hydroxyl groups is 1. The number of benzene rings is 2. The minimum absolute atomic E-state index is 0.159. The molecule has 1 atom stereocenters. The van der Waals surface area contributed by atoms with Crippen LogP contribution in [0, 0.1) is 0 Å². The van der Waals surface area contributed by atoms with Gasteiger partial charge in [-0.05, 0) is 41.7 Å². The molecule has 0 radical (unpaired) electrons. The lowest BCUT2D eigenvalue weighted by molar-refractivity contribution is 0.239.